The van der Waals surface area contributed by atoms with Gasteiger partial charge in [0.2, 0.25) is 5.91 Å². The summed E-state index contributed by atoms with van der Waals surface area (Å²) in [4.78, 5) is 15.4. The molecule has 1 aromatic carbocycles. The number of carbonyl (C=O) groups is 1. The molecule has 0 radical (unpaired) electrons. The quantitative estimate of drug-likeness (QED) is 0.731. The number of rotatable bonds is 7. The van der Waals surface area contributed by atoms with Gasteiger partial charge in [-0.15, -0.1) is 0 Å². The van der Waals surface area contributed by atoms with Crippen molar-refractivity contribution < 1.29 is 14.6 Å². The Balaban J connectivity index is 2.08. The molecule has 3 N–H and O–H groups in total. The number of nitrogens with one attached hydrogen (secondary N) is 2. The second-order valence-corrected chi connectivity index (χ2v) is 5.85. The second-order valence-electron chi connectivity index (χ2n) is 5.85. The molecule has 0 unspecified atom stereocenters. The lowest BCUT2D eigenvalue weighted by molar-refractivity contribution is -0.134. The number of ether oxygens (including phenoxy) is 1. The summed E-state index contributed by atoms with van der Waals surface area (Å²) in [5.74, 6) is -0.103. The first-order valence-corrected chi connectivity index (χ1v) is 7.55. The minimum atomic E-state index is -0.503. The van der Waals surface area contributed by atoms with Crippen molar-refractivity contribution in [3.05, 3.63) is 36.0 Å². The molecule has 0 spiro atoms. The predicted octanol–water partition coefficient (Wildman–Crippen LogP) is 1.86. The third-order valence-corrected chi connectivity index (χ3v) is 3.83. The number of H-pyrrole nitrogens is 1. The van der Waals surface area contributed by atoms with Gasteiger partial charge in [0, 0.05) is 24.2 Å². The highest BCUT2D eigenvalue weighted by atomic mass is 16.5. The van der Waals surface area contributed by atoms with Gasteiger partial charge in [0.15, 0.2) is 0 Å². The van der Waals surface area contributed by atoms with Gasteiger partial charge in [-0.25, -0.2) is 0 Å². The van der Waals surface area contributed by atoms with Crippen LogP contribution in [-0.2, 0) is 16.0 Å². The van der Waals surface area contributed by atoms with Gasteiger partial charge in [-0.2, -0.15) is 0 Å². The summed E-state index contributed by atoms with van der Waals surface area (Å²) in [6, 6.07) is 7.66. The first-order chi connectivity index (χ1) is 10.6. The number of para-hydroxylation sites is 1. The van der Waals surface area contributed by atoms with E-state index in [2.05, 4.69) is 10.3 Å². The Morgan fingerprint density at radius 3 is 2.73 bits per heavy atom. The highest BCUT2D eigenvalue weighted by Crippen LogP contribution is 2.19. The summed E-state index contributed by atoms with van der Waals surface area (Å²) < 4.78 is 5.22. The van der Waals surface area contributed by atoms with Gasteiger partial charge in [0.1, 0.15) is 6.10 Å². The molecule has 5 nitrogen and oxygen atoms in total. The number of fused-ring (bicyclic) bond motifs is 1. The Kier molecular flexibility index (Phi) is 5.57. The van der Waals surface area contributed by atoms with Gasteiger partial charge in [-0.3, -0.25) is 4.79 Å². The van der Waals surface area contributed by atoms with Crippen LogP contribution in [0, 0.1) is 5.92 Å². The zero-order valence-electron chi connectivity index (χ0n) is 13.3. The highest BCUT2D eigenvalue weighted by Gasteiger charge is 2.24. The number of aromatic amines is 1. The van der Waals surface area contributed by atoms with E-state index in [1.165, 1.54) is 7.11 Å². The number of methoxy groups -OCH3 is 1. The van der Waals surface area contributed by atoms with Crippen LogP contribution in [0.1, 0.15) is 19.4 Å². The van der Waals surface area contributed by atoms with Gasteiger partial charge in [0.25, 0.3) is 0 Å². The number of aromatic nitrogens is 1. The number of carbonyl (C=O) groups excluding carboxylic acids is 1. The number of benzene rings is 1. The Morgan fingerprint density at radius 1 is 1.36 bits per heavy atom. The van der Waals surface area contributed by atoms with Crippen LogP contribution in [0.25, 0.3) is 10.9 Å². The number of hydrogen-bond donors (Lipinski definition) is 3. The van der Waals surface area contributed by atoms with Crippen molar-refractivity contribution in [3.8, 4) is 0 Å². The summed E-state index contributed by atoms with van der Waals surface area (Å²) in [5, 5.41) is 13.6. The fourth-order valence-electron chi connectivity index (χ4n) is 2.69. The zero-order chi connectivity index (χ0) is 16.1. The number of aliphatic hydroxyl groups is 1. The third-order valence-electron chi connectivity index (χ3n) is 3.83. The fourth-order valence-corrected chi connectivity index (χ4v) is 2.69. The molecule has 0 bridgehead atoms. The van der Waals surface area contributed by atoms with Crippen LogP contribution in [0.15, 0.2) is 30.5 Å². The summed E-state index contributed by atoms with van der Waals surface area (Å²) in [7, 11) is 1.53. The van der Waals surface area contributed by atoms with E-state index in [-0.39, 0.29) is 24.5 Å². The van der Waals surface area contributed by atoms with Crippen LogP contribution < -0.4 is 5.32 Å². The third kappa shape index (κ3) is 3.67. The molecule has 0 saturated carbocycles. The van der Waals surface area contributed by atoms with Crippen LogP contribution >= 0.6 is 0 Å². The van der Waals surface area contributed by atoms with Crippen LogP contribution in [-0.4, -0.2) is 41.9 Å². The maximum atomic E-state index is 12.2. The molecule has 2 aromatic rings. The summed E-state index contributed by atoms with van der Waals surface area (Å²) in [6.07, 6.45) is 1.99. The summed E-state index contributed by atoms with van der Waals surface area (Å²) in [6.45, 7) is 3.75. The number of amides is 1. The van der Waals surface area contributed by atoms with Gasteiger partial charge in [-0.1, -0.05) is 32.0 Å². The number of hydrogen-bond acceptors (Lipinski definition) is 3. The van der Waals surface area contributed by atoms with Crippen molar-refractivity contribution in [3.63, 3.8) is 0 Å². The van der Waals surface area contributed by atoms with Crippen molar-refractivity contribution in [1.82, 2.24) is 10.3 Å². The van der Waals surface area contributed by atoms with Gasteiger partial charge < -0.3 is 20.1 Å². The maximum absolute atomic E-state index is 12.2. The molecule has 120 valence electrons. The van der Waals surface area contributed by atoms with E-state index >= 15 is 0 Å². The molecule has 1 aromatic heterocycles. The molecular weight excluding hydrogens is 280 g/mol. The normalized spacial score (nSPS) is 14.2. The Morgan fingerprint density at radius 2 is 2.09 bits per heavy atom. The minimum Gasteiger partial charge on any atom is -0.394 e. The average molecular weight is 304 g/mol. The SMILES string of the molecule is CO[C@H](C(=O)N[C@H](CO)Cc1c[nH]c2ccccc12)C(C)C. The maximum Gasteiger partial charge on any atom is 0.249 e. The van der Waals surface area contributed by atoms with Crippen molar-refractivity contribution >= 4 is 16.8 Å². The lowest BCUT2D eigenvalue weighted by Gasteiger charge is -2.22. The van der Waals surface area contributed by atoms with E-state index < -0.39 is 6.10 Å². The van der Waals surface area contributed by atoms with Gasteiger partial charge >= 0.3 is 0 Å². The Labute approximate surface area is 130 Å². The van der Waals surface area contributed by atoms with E-state index in [0.29, 0.717) is 6.42 Å². The van der Waals surface area contributed by atoms with Gasteiger partial charge in [-0.05, 0) is 24.0 Å². The standard InChI is InChI=1S/C17H24N2O3/c1-11(2)16(22-3)17(21)19-13(10-20)8-12-9-18-15-7-5-4-6-14(12)15/h4-7,9,11,13,16,18,20H,8,10H2,1-3H3,(H,19,21)/t13-,16-/m0/s1. The second kappa shape index (κ2) is 7.42. The van der Waals surface area contributed by atoms with Gasteiger partial charge in [0.05, 0.1) is 12.6 Å². The van der Waals surface area contributed by atoms with Crippen molar-refractivity contribution in [2.24, 2.45) is 5.92 Å². The molecule has 22 heavy (non-hydrogen) atoms. The van der Waals surface area contributed by atoms with Crippen LogP contribution in [0.2, 0.25) is 0 Å². The van der Waals surface area contributed by atoms with Crippen LogP contribution in [0.5, 0.6) is 0 Å². The van der Waals surface area contributed by atoms with E-state index in [0.717, 1.165) is 16.5 Å². The van der Waals surface area contributed by atoms with Crippen LogP contribution in [0.4, 0.5) is 0 Å². The molecule has 0 saturated heterocycles. The van der Waals surface area contributed by atoms with Crippen LogP contribution in [0.3, 0.4) is 0 Å². The highest BCUT2D eigenvalue weighted by molar-refractivity contribution is 5.84. The van der Waals surface area contributed by atoms with Crippen molar-refractivity contribution in [2.45, 2.75) is 32.4 Å². The first kappa shape index (κ1) is 16.5. The zero-order valence-corrected chi connectivity index (χ0v) is 13.3. The van der Waals surface area contributed by atoms with Crippen molar-refractivity contribution in [2.75, 3.05) is 13.7 Å². The van der Waals surface area contributed by atoms with E-state index in [9.17, 15) is 9.90 Å². The molecule has 5 heteroatoms. The Bertz CT molecular complexity index is 621. The Hall–Kier alpha value is -1.85. The number of aliphatic hydroxyl groups excluding tert-OH is 1. The molecule has 2 rings (SSSR count). The molecule has 0 aliphatic rings. The predicted molar refractivity (Wildman–Crippen MR) is 86.7 cm³/mol. The molecule has 1 amide bonds. The van der Waals surface area contributed by atoms with E-state index in [1.54, 1.807) is 0 Å². The average Bonchev–Trinajstić information content (AvgIpc) is 2.90. The molecule has 1 heterocycles. The first-order valence-electron chi connectivity index (χ1n) is 7.55. The molecular formula is C17H24N2O3. The lowest BCUT2D eigenvalue weighted by atomic mass is 10.0. The molecule has 2 atom stereocenters. The smallest absolute Gasteiger partial charge is 0.249 e. The molecule has 0 fully saturated rings. The monoisotopic (exact) mass is 304 g/mol. The molecule has 0 aliphatic heterocycles. The van der Waals surface area contributed by atoms with E-state index in [4.69, 9.17) is 4.74 Å². The summed E-state index contributed by atoms with van der Waals surface area (Å²) >= 11 is 0. The lowest BCUT2D eigenvalue weighted by Crippen LogP contribution is -2.46. The minimum absolute atomic E-state index is 0.0810. The largest absolute Gasteiger partial charge is 0.394 e. The fraction of sp³-hybridized carbons (Fsp3) is 0.471. The van der Waals surface area contributed by atoms with Crippen molar-refractivity contribution in [1.29, 1.82) is 0 Å². The molecule has 0 aliphatic carbocycles. The topological polar surface area (TPSA) is 74.3 Å². The van der Waals surface area contributed by atoms with E-state index in [1.807, 2.05) is 44.3 Å². The summed E-state index contributed by atoms with van der Waals surface area (Å²) in [5.41, 5.74) is 2.13.